The van der Waals surface area contributed by atoms with Gasteiger partial charge in [0.1, 0.15) is 5.76 Å². The zero-order valence-electron chi connectivity index (χ0n) is 19.4. The first-order valence-electron chi connectivity index (χ1n) is 10.7. The highest BCUT2D eigenvalue weighted by molar-refractivity contribution is 5.94. The van der Waals surface area contributed by atoms with E-state index in [0.717, 1.165) is 23.0 Å². The summed E-state index contributed by atoms with van der Waals surface area (Å²) in [5.74, 6) is 1.72. The lowest BCUT2D eigenvalue weighted by Gasteiger charge is -2.22. The van der Waals surface area contributed by atoms with Gasteiger partial charge < -0.3 is 20.0 Å². The van der Waals surface area contributed by atoms with Crippen LogP contribution in [0.15, 0.2) is 58.3 Å². The molecule has 1 aromatic carbocycles. The maximum atomic E-state index is 12.5. The molecule has 0 saturated carbocycles. The number of carbonyl (C=O) groups is 1. The highest BCUT2D eigenvalue weighted by atomic mass is 16.3. The Morgan fingerprint density at radius 2 is 2.03 bits per heavy atom. The number of rotatable bonds is 8. The van der Waals surface area contributed by atoms with Gasteiger partial charge in [-0.3, -0.25) is 14.5 Å². The summed E-state index contributed by atoms with van der Waals surface area (Å²) in [7, 11) is 5.72. The molecule has 0 atom stereocenters. The molecule has 3 aromatic rings. The third-order valence-corrected chi connectivity index (χ3v) is 5.11. The van der Waals surface area contributed by atoms with Crippen molar-refractivity contribution in [3.8, 4) is 0 Å². The predicted octanol–water partition coefficient (Wildman–Crippen LogP) is 3.27. The van der Waals surface area contributed by atoms with Crippen LogP contribution >= 0.6 is 0 Å². The molecule has 0 saturated heterocycles. The van der Waals surface area contributed by atoms with Crippen molar-refractivity contribution in [3.63, 3.8) is 0 Å². The summed E-state index contributed by atoms with van der Waals surface area (Å²) in [5.41, 5.74) is 3.89. The molecule has 2 aromatic heterocycles. The monoisotopic (exact) mass is 436 g/mol. The van der Waals surface area contributed by atoms with Gasteiger partial charge >= 0.3 is 0 Å². The first-order chi connectivity index (χ1) is 15.4. The lowest BCUT2D eigenvalue weighted by molar-refractivity contribution is 0.0948. The fraction of sp³-hybridized carbons (Fsp3) is 0.375. The van der Waals surface area contributed by atoms with Crippen LogP contribution in [0.1, 0.15) is 52.7 Å². The van der Waals surface area contributed by atoms with Gasteiger partial charge in [-0.05, 0) is 35.7 Å². The van der Waals surface area contributed by atoms with Crippen LogP contribution in [0.3, 0.4) is 0 Å². The van der Waals surface area contributed by atoms with Crippen molar-refractivity contribution < 1.29 is 9.21 Å². The van der Waals surface area contributed by atoms with Gasteiger partial charge in [0.25, 0.3) is 5.91 Å². The van der Waals surface area contributed by atoms with Crippen LogP contribution in [0.5, 0.6) is 0 Å². The molecular weight excluding hydrogens is 404 g/mol. The number of carbonyl (C=O) groups excluding carboxylic acids is 1. The molecule has 0 aliphatic rings. The second-order valence-corrected chi connectivity index (χ2v) is 8.09. The highest BCUT2D eigenvalue weighted by Gasteiger charge is 2.15. The Hall–Kier alpha value is -3.55. The van der Waals surface area contributed by atoms with Gasteiger partial charge in [0.15, 0.2) is 5.96 Å². The van der Waals surface area contributed by atoms with E-state index in [1.165, 1.54) is 5.56 Å². The number of furan rings is 1. The van der Waals surface area contributed by atoms with Gasteiger partial charge in [-0.1, -0.05) is 26.0 Å². The lowest BCUT2D eigenvalue weighted by atomic mass is 10.1. The molecule has 1 amide bonds. The van der Waals surface area contributed by atoms with Crippen LogP contribution < -0.4 is 10.6 Å². The van der Waals surface area contributed by atoms with Gasteiger partial charge in [-0.2, -0.15) is 5.10 Å². The van der Waals surface area contributed by atoms with Gasteiger partial charge in [0, 0.05) is 51.6 Å². The molecule has 0 spiro atoms. The van der Waals surface area contributed by atoms with Crippen molar-refractivity contribution in [2.24, 2.45) is 12.0 Å². The summed E-state index contributed by atoms with van der Waals surface area (Å²) in [6.45, 7) is 5.92. The van der Waals surface area contributed by atoms with Gasteiger partial charge in [-0.15, -0.1) is 0 Å². The number of hydrogen-bond donors (Lipinski definition) is 2. The van der Waals surface area contributed by atoms with E-state index in [9.17, 15) is 4.79 Å². The average molecular weight is 437 g/mol. The minimum atomic E-state index is -0.137. The first-order valence-corrected chi connectivity index (χ1v) is 10.7. The van der Waals surface area contributed by atoms with E-state index in [1.807, 2.05) is 43.0 Å². The zero-order valence-corrected chi connectivity index (χ0v) is 19.4. The third kappa shape index (κ3) is 6.00. The number of nitrogens with zero attached hydrogens (tertiary/aromatic N) is 4. The van der Waals surface area contributed by atoms with Crippen LogP contribution in [0, 0.1) is 0 Å². The number of aromatic nitrogens is 2. The standard InChI is InChI=1S/C24H32N6O2/c1-17(2)22-20(16-30(5)28-22)15-29(4)24(25-3)27-13-18-8-6-9-19(12-18)23(31)26-14-21-10-7-11-32-21/h6-12,16-17H,13-15H2,1-5H3,(H,25,27)(H,26,31). The largest absolute Gasteiger partial charge is 0.467 e. The molecule has 0 bridgehead atoms. The normalized spacial score (nSPS) is 11.6. The number of aliphatic imine (C=N–C) groups is 1. The molecule has 8 nitrogen and oxygen atoms in total. The number of nitrogens with one attached hydrogen (secondary N) is 2. The molecular formula is C24H32N6O2. The highest BCUT2D eigenvalue weighted by Crippen LogP contribution is 2.18. The van der Waals surface area contributed by atoms with E-state index in [1.54, 1.807) is 25.4 Å². The maximum absolute atomic E-state index is 12.5. The lowest BCUT2D eigenvalue weighted by Crippen LogP contribution is -2.38. The topological polar surface area (TPSA) is 87.7 Å². The molecule has 32 heavy (non-hydrogen) atoms. The second-order valence-electron chi connectivity index (χ2n) is 8.09. The van der Waals surface area contributed by atoms with Crippen molar-refractivity contribution >= 4 is 11.9 Å². The van der Waals surface area contributed by atoms with E-state index in [4.69, 9.17) is 4.42 Å². The van der Waals surface area contributed by atoms with Crippen LogP contribution in [0.4, 0.5) is 0 Å². The van der Waals surface area contributed by atoms with Crippen molar-refractivity contribution in [1.82, 2.24) is 25.3 Å². The quantitative estimate of drug-likeness (QED) is 0.418. The molecule has 0 unspecified atom stereocenters. The Labute approximate surface area is 189 Å². The van der Waals surface area contributed by atoms with Gasteiger partial charge in [0.05, 0.1) is 18.5 Å². The van der Waals surface area contributed by atoms with Crippen molar-refractivity contribution in [2.45, 2.75) is 39.4 Å². The van der Waals surface area contributed by atoms with Crippen LogP contribution in [-0.4, -0.2) is 40.6 Å². The molecule has 0 radical (unpaired) electrons. The Morgan fingerprint density at radius 1 is 1.22 bits per heavy atom. The molecule has 2 heterocycles. The van der Waals surface area contributed by atoms with Crippen molar-refractivity contribution in [1.29, 1.82) is 0 Å². The average Bonchev–Trinajstić information content (AvgIpc) is 3.42. The number of guanidine groups is 1. The second kappa shape index (κ2) is 10.7. The first kappa shape index (κ1) is 23.1. The molecule has 0 fully saturated rings. The van der Waals surface area contributed by atoms with E-state index in [-0.39, 0.29) is 5.91 Å². The summed E-state index contributed by atoms with van der Waals surface area (Å²) in [6, 6.07) is 11.2. The van der Waals surface area contributed by atoms with Crippen molar-refractivity contribution in [2.75, 3.05) is 14.1 Å². The molecule has 0 aliphatic heterocycles. The number of aryl methyl sites for hydroxylation is 1. The summed E-state index contributed by atoms with van der Waals surface area (Å²) < 4.78 is 7.12. The van der Waals surface area contributed by atoms with E-state index in [2.05, 4.69) is 45.7 Å². The zero-order chi connectivity index (χ0) is 23.1. The van der Waals surface area contributed by atoms with E-state index >= 15 is 0 Å². The molecule has 2 N–H and O–H groups in total. The number of benzene rings is 1. The Bertz CT molecular complexity index is 1050. The van der Waals surface area contributed by atoms with E-state index < -0.39 is 0 Å². The maximum Gasteiger partial charge on any atom is 0.251 e. The molecule has 170 valence electrons. The Kier molecular flexibility index (Phi) is 7.70. The Morgan fingerprint density at radius 3 is 2.72 bits per heavy atom. The summed E-state index contributed by atoms with van der Waals surface area (Å²) in [6.07, 6.45) is 3.65. The smallest absolute Gasteiger partial charge is 0.251 e. The summed E-state index contributed by atoms with van der Waals surface area (Å²) in [4.78, 5) is 19.0. The predicted molar refractivity (Wildman–Crippen MR) is 125 cm³/mol. The SMILES string of the molecule is CN=C(NCc1cccc(C(=O)NCc2ccco2)c1)N(C)Cc1cn(C)nc1C(C)C. The molecule has 3 rings (SSSR count). The van der Waals surface area contributed by atoms with Crippen LogP contribution in [-0.2, 0) is 26.7 Å². The summed E-state index contributed by atoms with van der Waals surface area (Å²) >= 11 is 0. The number of amides is 1. The van der Waals surface area contributed by atoms with Crippen LogP contribution in [0.25, 0.3) is 0 Å². The molecule has 8 heteroatoms. The van der Waals surface area contributed by atoms with Gasteiger partial charge in [0.2, 0.25) is 0 Å². The van der Waals surface area contributed by atoms with Gasteiger partial charge in [-0.25, -0.2) is 0 Å². The minimum absolute atomic E-state index is 0.137. The molecule has 0 aliphatic carbocycles. The number of hydrogen-bond acceptors (Lipinski definition) is 4. The minimum Gasteiger partial charge on any atom is -0.467 e. The third-order valence-electron chi connectivity index (χ3n) is 5.11. The van der Waals surface area contributed by atoms with E-state index in [0.29, 0.717) is 31.1 Å². The van der Waals surface area contributed by atoms with Crippen LogP contribution in [0.2, 0.25) is 0 Å². The van der Waals surface area contributed by atoms with Crippen molar-refractivity contribution in [3.05, 3.63) is 77.0 Å². The Balaban J connectivity index is 1.58. The fourth-order valence-electron chi connectivity index (χ4n) is 3.56. The fourth-order valence-corrected chi connectivity index (χ4v) is 3.56. The summed E-state index contributed by atoms with van der Waals surface area (Å²) in [5, 5.41) is 10.8.